The average molecular weight is 440 g/mol. The van der Waals surface area contributed by atoms with Crippen molar-refractivity contribution < 1.29 is 23.4 Å². The minimum atomic E-state index is -0.787. The van der Waals surface area contributed by atoms with E-state index in [9.17, 15) is 18.7 Å². The van der Waals surface area contributed by atoms with Crippen LogP contribution in [0.1, 0.15) is 61.3 Å². The molecule has 0 amide bonds. The van der Waals surface area contributed by atoms with Crippen LogP contribution >= 0.6 is 0 Å². The molecule has 6 heteroatoms. The minimum Gasteiger partial charge on any atom is -0.481 e. The molecule has 2 fully saturated rings. The number of carboxylic acid groups (broad SMARTS) is 1. The van der Waals surface area contributed by atoms with Crippen molar-refractivity contribution in [3.05, 3.63) is 64.9 Å². The van der Waals surface area contributed by atoms with Crippen molar-refractivity contribution in [3.8, 4) is 5.69 Å². The van der Waals surface area contributed by atoms with Gasteiger partial charge in [0.25, 0.3) is 0 Å². The van der Waals surface area contributed by atoms with Gasteiger partial charge in [-0.05, 0) is 93.0 Å². The monoisotopic (exact) mass is 439 g/mol. The number of hydrogen-bond donors (Lipinski definition) is 1. The van der Waals surface area contributed by atoms with Crippen LogP contribution in [0.15, 0.2) is 36.4 Å². The van der Waals surface area contributed by atoms with Gasteiger partial charge in [-0.3, -0.25) is 4.79 Å². The standard InChI is InChI=1S/C26H27F2NO3/c1-15-11-19(4-5-21(15)28)29-22-6-3-18(27)12-20(22)23(17-13-26(2,14-17)25(30)31)24(29)16-7-9-32-10-8-16/h3-6,11-12,16-17H,7-10,13-14H2,1-2H3,(H,30,31)/t17-,26+. The Morgan fingerprint density at radius 3 is 2.47 bits per heavy atom. The molecule has 168 valence electrons. The summed E-state index contributed by atoms with van der Waals surface area (Å²) in [6.07, 6.45) is 2.73. The molecule has 1 aromatic heterocycles. The van der Waals surface area contributed by atoms with E-state index in [2.05, 4.69) is 4.57 Å². The number of nitrogens with zero attached hydrogens (tertiary/aromatic N) is 1. The van der Waals surface area contributed by atoms with Crippen LogP contribution in [0.5, 0.6) is 0 Å². The Kier molecular flexibility index (Phi) is 5.08. The van der Waals surface area contributed by atoms with E-state index in [4.69, 9.17) is 4.74 Å². The third kappa shape index (κ3) is 3.32. The summed E-state index contributed by atoms with van der Waals surface area (Å²) in [5.41, 5.74) is 3.65. The maximum atomic E-state index is 14.4. The molecule has 0 spiro atoms. The molecular weight excluding hydrogens is 412 g/mol. The molecule has 3 aromatic rings. The van der Waals surface area contributed by atoms with Gasteiger partial charge in [-0.1, -0.05) is 0 Å². The van der Waals surface area contributed by atoms with E-state index >= 15 is 0 Å². The van der Waals surface area contributed by atoms with Crippen LogP contribution in [0.3, 0.4) is 0 Å². The maximum Gasteiger partial charge on any atom is 0.309 e. The molecule has 0 unspecified atom stereocenters. The van der Waals surface area contributed by atoms with Gasteiger partial charge >= 0.3 is 5.97 Å². The first-order valence-corrected chi connectivity index (χ1v) is 11.2. The Balaban J connectivity index is 1.76. The highest BCUT2D eigenvalue weighted by Gasteiger charge is 2.49. The fourth-order valence-corrected chi connectivity index (χ4v) is 5.56. The summed E-state index contributed by atoms with van der Waals surface area (Å²) in [6, 6.07) is 9.86. The van der Waals surface area contributed by atoms with E-state index in [-0.39, 0.29) is 23.5 Å². The van der Waals surface area contributed by atoms with Gasteiger partial charge in [0.1, 0.15) is 11.6 Å². The van der Waals surface area contributed by atoms with Crippen molar-refractivity contribution in [1.82, 2.24) is 4.57 Å². The number of halogens is 2. The number of fused-ring (bicyclic) bond motifs is 1. The summed E-state index contributed by atoms with van der Waals surface area (Å²) in [5, 5.41) is 10.5. The molecule has 0 radical (unpaired) electrons. The molecule has 2 aromatic carbocycles. The molecular formula is C26H27F2NO3. The summed E-state index contributed by atoms with van der Waals surface area (Å²) in [5.74, 6) is -1.12. The number of carboxylic acids is 1. The van der Waals surface area contributed by atoms with E-state index in [0.29, 0.717) is 31.6 Å². The van der Waals surface area contributed by atoms with Gasteiger partial charge in [0.05, 0.1) is 10.9 Å². The number of benzene rings is 2. The first-order chi connectivity index (χ1) is 15.3. The lowest BCUT2D eigenvalue weighted by atomic mass is 9.60. The van der Waals surface area contributed by atoms with Crippen LogP contribution in [-0.4, -0.2) is 28.9 Å². The molecule has 1 saturated heterocycles. The van der Waals surface area contributed by atoms with Crippen LogP contribution in [0, 0.1) is 24.0 Å². The topological polar surface area (TPSA) is 51.5 Å². The van der Waals surface area contributed by atoms with E-state index in [1.54, 1.807) is 32.0 Å². The quantitative estimate of drug-likeness (QED) is 0.536. The fourth-order valence-electron chi connectivity index (χ4n) is 5.56. The Hall–Kier alpha value is -2.73. The third-order valence-corrected chi connectivity index (χ3v) is 7.33. The van der Waals surface area contributed by atoms with Crippen molar-refractivity contribution in [2.24, 2.45) is 5.41 Å². The van der Waals surface area contributed by atoms with Gasteiger partial charge in [-0.2, -0.15) is 0 Å². The zero-order chi connectivity index (χ0) is 22.6. The molecule has 32 heavy (non-hydrogen) atoms. The second-order valence-electron chi connectivity index (χ2n) is 9.59. The van der Waals surface area contributed by atoms with E-state index in [1.165, 1.54) is 12.1 Å². The lowest BCUT2D eigenvalue weighted by Crippen LogP contribution is -2.40. The molecule has 4 nitrogen and oxygen atoms in total. The second kappa shape index (κ2) is 7.69. The van der Waals surface area contributed by atoms with Gasteiger partial charge in [-0.15, -0.1) is 0 Å². The summed E-state index contributed by atoms with van der Waals surface area (Å²) in [6.45, 7) is 4.83. The molecule has 2 heterocycles. The van der Waals surface area contributed by atoms with Gasteiger partial charge in [0.15, 0.2) is 0 Å². The molecule has 2 aliphatic rings. The predicted octanol–water partition coefficient (Wildman–Crippen LogP) is 6.08. The van der Waals surface area contributed by atoms with Crippen LogP contribution in [0.4, 0.5) is 8.78 Å². The van der Waals surface area contributed by atoms with Gasteiger partial charge in [-0.25, -0.2) is 8.78 Å². The van der Waals surface area contributed by atoms with Crippen molar-refractivity contribution in [3.63, 3.8) is 0 Å². The summed E-state index contributed by atoms with van der Waals surface area (Å²) in [7, 11) is 0. The van der Waals surface area contributed by atoms with Crippen molar-refractivity contribution in [2.75, 3.05) is 13.2 Å². The highest BCUT2D eigenvalue weighted by Crippen LogP contribution is 2.55. The summed E-state index contributed by atoms with van der Waals surface area (Å²) < 4.78 is 36.2. The number of aliphatic carboxylic acids is 1. The molecule has 1 saturated carbocycles. The Morgan fingerprint density at radius 1 is 1.09 bits per heavy atom. The van der Waals surface area contributed by atoms with Crippen LogP contribution in [0.25, 0.3) is 16.6 Å². The van der Waals surface area contributed by atoms with Gasteiger partial charge in [0, 0.05) is 35.9 Å². The van der Waals surface area contributed by atoms with Crippen molar-refractivity contribution in [2.45, 2.75) is 51.4 Å². The number of hydrogen-bond acceptors (Lipinski definition) is 2. The number of rotatable bonds is 4. The third-order valence-electron chi connectivity index (χ3n) is 7.33. The van der Waals surface area contributed by atoms with Crippen molar-refractivity contribution in [1.29, 1.82) is 0 Å². The maximum absolute atomic E-state index is 14.4. The van der Waals surface area contributed by atoms with Gasteiger partial charge in [0.2, 0.25) is 0 Å². The Morgan fingerprint density at radius 2 is 1.81 bits per heavy atom. The van der Waals surface area contributed by atoms with Crippen LogP contribution < -0.4 is 0 Å². The highest BCUT2D eigenvalue weighted by atomic mass is 19.1. The fraction of sp³-hybridized carbons (Fsp3) is 0.423. The molecule has 5 rings (SSSR count). The number of ether oxygens (including phenoxy) is 1. The van der Waals surface area contributed by atoms with Gasteiger partial charge < -0.3 is 14.4 Å². The molecule has 1 aliphatic carbocycles. The minimum absolute atomic E-state index is 0.0426. The largest absolute Gasteiger partial charge is 0.481 e. The average Bonchev–Trinajstić information content (AvgIpc) is 3.07. The SMILES string of the molecule is Cc1cc(-n2c(C3CCOCC3)c([C@H]3C[C@@](C)(C(=O)O)C3)c3cc(F)ccc32)ccc1F. The zero-order valence-corrected chi connectivity index (χ0v) is 18.3. The Labute approximate surface area is 185 Å². The zero-order valence-electron chi connectivity index (χ0n) is 18.3. The number of aromatic nitrogens is 1. The lowest BCUT2D eigenvalue weighted by molar-refractivity contribution is -0.154. The Bertz CT molecular complexity index is 1200. The summed E-state index contributed by atoms with van der Waals surface area (Å²) >= 11 is 0. The molecule has 0 bridgehead atoms. The lowest BCUT2D eigenvalue weighted by Gasteiger charge is -2.43. The van der Waals surface area contributed by atoms with E-state index in [1.807, 2.05) is 6.07 Å². The smallest absolute Gasteiger partial charge is 0.309 e. The normalized spacial score (nSPS) is 23.9. The number of carbonyl (C=O) groups is 1. The highest BCUT2D eigenvalue weighted by molar-refractivity contribution is 5.89. The summed E-state index contributed by atoms with van der Waals surface area (Å²) in [4.78, 5) is 11.8. The molecule has 1 N–H and O–H groups in total. The molecule has 0 atom stereocenters. The van der Waals surface area contributed by atoms with Crippen molar-refractivity contribution >= 4 is 16.9 Å². The molecule has 1 aliphatic heterocycles. The first kappa shape index (κ1) is 21.1. The predicted molar refractivity (Wildman–Crippen MR) is 118 cm³/mol. The van der Waals surface area contributed by atoms with Crippen LogP contribution in [0.2, 0.25) is 0 Å². The van der Waals surface area contributed by atoms with E-state index < -0.39 is 11.4 Å². The van der Waals surface area contributed by atoms with E-state index in [0.717, 1.165) is 40.7 Å². The number of aryl methyl sites for hydroxylation is 1. The first-order valence-electron chi connectivity index (χ1n) is 11.2. The second-order valence-corrected chi connectivity index (χ2v) is 9.59. The van der Waals surface area contributed by atoms with Crippen LogP contribution in [-0.2, 0) is 9.53 Å².